The normalized spacial score (nSPS) is 46.2. The van der Waals surface area contributed by atoms with Gasteiger partial charge in [-0.2, -0.15) is 0 Å². The Morgan fingerprint density at radius 1 is 1.14 bits per heavy atom. The quantitative estimate of drug-likeness (QED) is 0.793. The van der Waals surface area contributed by atoms with Crippen LogP contribution in [0.5, 0.6) is 0 Å². The molecular formula is C19H28O2. The van der Waals surface area contributed by atoms with Crippen LogP contribution in [0.25, 0.3) is 0 Å². The number of carboxylic acids is 1. The van der Waals surface area contributed by atoms with Crippen molar-refractivity contribution in [2.75, 3.05) is 0 Å². The number of hydrogen-bond acceptors (Lipinski definition) is 1. The van der Waals surface area contributed by atoms with E-state index >= 15 is 0 Å². The summed E-state index contributed by atoms with van der Waals surface area (Å²) in [6, 6.07) is 0. The molecule has 4 rings (SSSR count). The lowest BCUT2D eigenvalue weighted by Gasteiger charge is -2.56. The van der Waals surface area contributed by atoms with Crippen molar-refractivity contribution in [3.8, 4) is 0 Å². The number of allylic oxidation sites excluding steroid dienone is 1. The molecule has 4 aliphatic carbocycles. The van der Waals surface area contributed by atoms with Crippen LogP contribution in [0.3, 0.4) is 0 Å². The van der Waals surface area contributed by atoms with Gasteiger partial charge < -0.3 is 5.11 Å². The van der Waals surface area contributed by atoms with Gasteiger partial charge in [-0.15, -0.1) is 0 Å². The molecule has 0 heterocycles. The molecule has 3 fully saturated rings. The Morgan fingerprint density at radius 2 is 1.86 bits per heavy atom. The zero-order valence-electron chi connectivity index (χ0n) is 13.5. The lowest BCUT2D eigenvalue weighted by molar-refractivity contribution is -0.132. The fraction of sp³-hybridized carbons (Fsp3) is 0.842. The van der Waals surface area contributed by atoms with Crippen molar-refractivity contribution in [1.29, 1.82) is 0 Å². The molecule has 1 N–H and O–H groups in total. The average Bonchev–Trinajstić information content (AvgIpc) is 3.11. The predicted octanol–water partition coefficient (Wildman–Crippen LogP) is 4.79. The minimum atomic E-state index is -0.629. The largest absolute Gasteiger partial charge is 0.478 e. The fourth-order valence-corrected chi connectivity index (χ4v) is 7.25. The Balaban J connectivity index is 1.88. The molecule has 0 aromatic heterocycles. The minimum Gasteiger partial charge on any atom is -0.478 e. The zero-order valence-corrected chi connectivity index (χ0v) is 13.5. The number of fused-ring (bicyclic) bond motifs is 1. The summed E-state index contributed by atoms with van der Waals surface area (Å²) >= 11 is 0. The van der Waals surface area contributed by atoms with E-state index in [1.807, 2.05) is 0 Å². The molecule has 2 heteroatoms. The molecule has 0 aliphatic heterocycles. The molecule has 116 valence electrons. The van der Waals surface area contributed by atoms with Gasteiger partial charge in [-0.3, -0.25) is 0 Å². The minimum absolute atomic E-state index is 0.235. The number of carbonyl (C=O) groups is 1. The molecule has 1 spiro atoms. The van der Waals surface area contributed by atoms with Crippen molar-refractivity contribution in [3.63, 3.8) is 0 Å². The molecule has 21 heavy (non-hydrogen) atoms. The highest BCUT2D eigenvalue weighted by molar-refractivity contribution is 5.89. The van der Waals surface area contributed by atoms with Gasteiger partial charge >= 0.3 is 5.97 Å². The van der Waals surface area contributed by atoms with Crippen molar-refractivity contribution in [2.24, 2.45) is 28.6 Å². The van der Waals surface area contributed by atoms with Gasteiger partial charge in [0.2, 0.25) is 0 Å². The van der Waals surface area contributed by atoms with Gasteiger partial charge in [0.25, 0.3) is 0 Å². The Labute approximate surface area is 128 Å². The van der Waals surface area contributed by atoms with Crippen LogP contribution >= 0.6 is 0 Å². The topological polar surface area (TPSA) is 37.3 Å². The van der Waals surface area contributed by atoms with Gasteiger partial charge in [0.05, 0.1) is 0 Å². The number of carboxylic acid groups (broad SMARTS) is 1. The van der Waals surface area contributed by atoms with E-state index in [0.717, 1.165) is 36.7 Å². The van der Waals surface area contributed by atoms with E-state index in [4.69, 9.17) is 0 Å². The third-order valence-corrected chi connectivity index (χ3v) is 8.18. The summed E-state index contributed by atoms with van der Waals surface area (Å²) in [5.74, 6) is 1.64. The molecular weight excluding hydrogens is 260 g/mol. The maximum atomic E-state index is 11.7. The van der Waals surface area contributed by atoms with E-state index in [0.29, 0.717) is 11.3 Å². The van der Waals surface area contributed by atoms with Crippen LogP contribution < -0.4 is 0 Å². The zero-order chi connectivity index (χ0) is 14.8. The van der Waals surface area contributed by atoms with E-state index in [9.17, 15) is 9.90 Å². The summed E-state index contributed by atoms with van der Waals surface area (Å²) in [6.45, 7) is 4.97. The summed E-state index contributed by atoms with van der Waals surface area (Å²) in [5, 5.41) is 9.64. The first-order chi connectivity index (χ1) is 10.0. The van der Waals surface area contributed by atoms with E-state index in [-0.39, 0.29) is 5.41 Å². The van der Waals surface area contributed by atoms with Crippen molar-refractivity contribution < 1.29 is 9.90 Å². The van der Waals surface area contributed by atoms with E-state index in [1.54, 1.807) is 0 Å². The third kappa shape index (κ3) is 1.47. The molecule has 4 aliphatic rings. The second-order valence-electron chi connectivity index (χ2n) is 8.38. The second-order valence-corrected chi connectivity index (χ2v) is 8.38. The summed E-state index contributed by atoms with van der Waals surface area (Å²) in [5.41, 5.74) is 2.81. The summed E-state index contributed by atoms with van der Waals surface area (Å²) < 4.78 is 0. The van der Waals surface area contributed by atoms with Crippen molar-refractivity contribution in [3.05, 3.63) is 11.1 Å². The van der Waals surface area contributed by atoms with Crippen LogP contribution in [0.15, 0.2) is 11.1 Å². The van der Waals surface area contributed by atoms with Crippen LogP contribution in [0, 0.1) is 28.6 Å². The van der Waals surface area contributed by atoms with Gasteiger partial charge in [0.15, 0.2) is 0 Å². The molecule has 4 atom stereocenters. The SMILES string of the molecule is C[C@@H]1CC[C@@H]2CC3=C(C(=O)O)CC[C@@]31[C@]2(C)C1CCCC1. The van der Waals surface area contributed by atoms with E-state index in [2.05, 4.69) is 13.8 Å². The van der Waals surface area contributed by atoms with Crippen LogP contribution in [0.2, 0.25) is 0 Å². The number of hydrogen-bond donors (Lipinski definition) is 1. The Bertz CT molecular complexity index is 514. The first kappa shape index (κ1) is 13.8. The van der Waals surface area contributed by atoms with Crippen LogP contribution in [-0.2, 0) is 4.79 Å². The summed E-state index contributed by atoms with van der Waals surface area (Å²) in [7, 11) is 0. The van der Waals surface area contributed by atoms with E-state index in [1.165, 1.54) is 44.1 Å². The first-order valence-corrected chi connectivity index (χ1v) is 8.97. The molecule has 2 nitrogen and oxygen atoms in total. The average molecular weight is 288 g/mol. The van der Waals surface area contributed by atoms with Gasteiger partial charge in [0.1, 0.15) is 0 Å². The Kier molecular flexibility index (Phi) is 2.88. The maximum absolute atomic E-state index is 11.7. The van der Waals surface area contributed by atoms with Crippen molar-refractivity contribution >= 4 is 5.97 Å². The smallest absolute Gasteiger partial charge is 0.331 e. The molecule has 0 saturated heterocycles. The first-order valence-electron chi connectivity index (χ1n) is 8.97. The fourth-order valence-electron chi connectivity index (χ4n) is 7.25. The van der Waals surface area contributed by atoms with Gasteiger partial charge in [-0.05, 0) is 68.1 Å². The maximum Gasteiger partial charge on any atom is 0.331 e. The molecule has 0 aromatic carbocycles. The predicted molar refractivity (Wildman–Crippen MR) is 82.9 cm³/mol. The Morgan fingerprint density at radius 3 is 2.52 bits per heavy atom. The highest BCUT2D eigenvalue weighted by Crippen LogP contribution is 2.76. The number of aliphatic carboxylic acids is 1. The molecule has 3 saturated carbocycles. The lowest BCUT2D eigenvalue weighted by Crippen LogP contribution is -2.50. The molecule has 0 amide bonds. The van der Waals surface area contributed by atoms with Gasteiger partial charge in [-0.25, -0.2) is 4.79 Å². The molecule has 0 radical (unpaired) electrons. The van der Waals surface area contributed by atoms with Crippen LogP contribution in [-0.4, -0.2) is 11.1 Å². The van der Waals surface area contributed by atoms with Crippen molar-refractivity contribution in [2.45, 2.75) is 71.6 Å². The highest BCUT2D eigenvalue weighted by atomic mass is 16.4. The Hall–Kier alpha value is -0.790. The van der Waals surface area contributed by atoms with Crippen LogP contribution in [0.1, 0.15) is 71.6 Å². The standard InChI is InChI=1S/C19H28O2/c1-12-7-8-14-11-16-15(17(20)21)9-10-19(12,16)18(14,2)13-5-3-4-6-13/h12-14H,3-11H2,1-2H3,(H,20,21)/t12-,14-,18-,19+/m1/s1. The second kappa shape index (κ2) is 4.36. The summed E-state index contributed by atoms with van der Waals surface area (Å²) in [6.07, 6.45) is 11.2. The molecule has 2 bridgehead atoms. The van der Waals surface area contributed by atoms with Gasteiger partial charge in [-0.1, -0.05) is 32.3 Å². The molecule has 0 unspecified atom stereocenters. The number of rotatable bonds is 2. The summed E-state index contributed by atoms with van der Waals surface area (Å²) in [4.78, 5) is 11.7. The van der Waals surface area contributed by atoms with Crippen molar-refractivity contribution in [1.82, 2.24) is 0 Å². The highest BCUT2D eigenvalue weighted by Gasteiger charge is 2.68. The molecule has 0 aromatic rings. The monoisotopic (exact) mass is 288 g/mol. The van der Waals surface area contributed by atoms with E-state index < -0.39 is 5.97 Å². The van der Waals surface area contributed by atoms with Crippen LogP contribution in [0.4, 0.5) is 0 Å². The lowest BCUT2D eigenvalue weighted by atomic mass is 9.47. The third-order valence-electron chi connectivity index (χ3n) is 8.18. The van der Waals surface area contributed by atoms with Gasteiger partial charge in [0, 0.05) is 11.0 Å².